The van der Waals surface area contributed by atoms with Crippen molar-refractivity contribution in [1.29, 1.82) is 0 Å². The minimum atomic E-state index is -0.759. The number of hydrogen-bond donors (Lipinski definition) is 1. The molecule has 0 radical (unpaired) electrons. The number of carbonyl (C=O) groups excluding carboxylic acids is 1. The quantitative estimate of drug-likeness (QED) is 0.603. The molecule has 1 N–H and O–H groups in total. The van der Waals surface area contributed by atoms with E-state index < -0.39 is 6.10 Å². The van der Waals surface area contributed by atoms with Crippen molar-refractivity contribution in [3.63, 3.8) is 0 Å². The summed E-state index contributed by atoms with van der Waals surface area (Å²) in [5.41, 5.74) is 0. The fraction of sp³-hybridized carbons (Fsp3) is 0.800. The Morgan fingerprint density at radius 2 is 2.38 bits per heavy atom. The molecule has 0 rings (SSSR count). The first-order chi connectivity index (χ1) is 3.68. The van der Waals surface area contributed by atoms with Gasteiger partial charge in [-0.05, 0) is 13.2 Å². The molecule has 0 saturated heterocycles. The van der Waals surface area contributed by atoms with Crippen LogP contribution in [-0.4, -0.2) is 29.0 Å². The second-order valence-electron chi connectivity index (χ2n) is 1.58. The maximum atomic E-state index is 10.3. The minimum Gasteiger partial charge on any atom is -0.384 e. The van der Waals surface area contributed by atoms with E-state index in [1.54, 1.807) is 0 Å². The predicted molar refractivity (Wildman–Crippen MR) is 35.1 cm³/mol. The molecule has 0 aliphatic carbocycles. The zero-order valence-electron chi connectivity index (χ0n) is 5.05. The van der Waals surface area contributed by atoms with Crippen LogP contribution in [0.1, 0.15) is 6.92 Å². The number of aliphatic hydroxyl groups excluding tert-OH is 1. The van der Waals surface area contributed by atoms with Gasteiger partial charge in [-0.2, -0.15) is 11.8 Å². The van der Waals surface area contributed by atoms with Crippen LogP contribution in [-0.2, 0) is 4.79 Å². The standard InChI is InChI=1S/C5H10O2S/c1-4(6)5(7)3-8-2/h5,7H,3H2,1-2H3/t5-/m0/s1. The fourth-order valence-corrected chi connectivity index (χ4v) is 0.826. The fourth-order valence-electron chi connectivity index (χ4n) is 0.275. The zero-order chi connectivity index (χ0) is 6.57. The number of Topliss-reactive ketones (excluding diaryl/α,β-unsaturated/α-hetero) is 1. The van der Waals surface area contributed by atoms with Crippen LogP contribution < -0.4 is 0 Å². The van der Waals surface area contributed by atoms with Crippen molar-refractivity contribution in [2.24, 2.45) is 0 Å². The molecular formula is C5H10O2S. The van der Waals surface area contributed by atoms with E-state index >= 15 is 0 Å². The first-order valence-electron chi connectivity index (χ1n) is 2.36. The summed E-state index contributed by atoms with van der Waals surface area (Å²) >= 11 is 1.47. The monoisotopic (exact) mass is 134 g/mol. The van der Waals surface area contributed by atoms with Crippen molar-refractivity contribution in [3.05, 3.63) is 0 Å². The van der Waals surface area contributed by atoms with Gasteiger partial charge < -0.3 is 5.11 Å². The molecule has 48 valence electrons. The van der Waals surface area contributed by atoms with Crippen LogP contribution in [0.15, 0.2) is 0 Å². The third-order valence-corrected chi connectivity index (χ3v) is 1.44. The summed E-state index contributed by atoms with van der Waals surface area (Å²) in [4.78, 5) is 10.3. The van der Waals surface area contributed by atoms with Gasteiger partial charge in [0, 0.05) is 5.75 Å². The van der Waals surface area contributed by atoms with Gasteiger partial charge in [0.1, 0.15) is 6.10 Å². The lowest BCUT2D eigenvalue weighted by Crippen LogP contribution is -2.19. The summed E-state index contributed by atoms with van der Waals surface area (Å²) < 4.78 is 0. The molecule has 0 spiro atoms. The summed E-state index contributed by atoms with van der Waals surface area (Å²) in [5, 5.41) is 8.76. The number of carbonyl (C=O) groups is 1. The van der Waals surface area contributed by atoms with E-state index in [4.69, 9.17) is 5.11 Å². The Labute approximate surface area is 53.3 Å². The normalized spacial score (nSPS) is 13.4. The smallest absolute Gasteiger partial charge is 0.159 e. The van der Waals surface area contributed by atoms with Crippen molar-refractivity contribution in [3.8, 4) is 0 Å². The lowest BCUT2D eigenvalue weighted by Gasteiger charge is -2.00. The van der Waals surface area contributed by atoms with Crippen molar-refractivity contribution >= 4 is 17.5 Å². The van der Waals surface area contributed by atoms with Crippen LogP contribution in [0, 0.1) is 0 Å². The highest BCUT2D eigenvalue weighted by Crippen LogP contribution is 1.96. The lowest BCUT2D eigenvalue weighted by atomic mass is 10.3. The van der Waals surface area contributed by atoms with Gasteiger partial charge in [0.25, 0.3) is 0 Å². The molecule has 0 aliphatic rings. The molecule has 0 aromatic heterocycles. The molecule has 0 bridgehead atoms. The SMILES string of the molecule is CSC[C@H](O)C(C)=O. The highest BCUT2D eigenvalue weighted by molar-refractivity contribution is 7.98. The highest BCUT2D eigenvalue weighted by Gasteiger charge is 2.06. The summed E-state index contributed by atoms with van der Waals surface area (Å²) in [6, 6.07) is 0. The van der Waals surface area contributed by atoms with Gasteiger partial charge in [-0.1, -0.05) is 0 Å². The van der Waals surface area contributed by atoms with E-state index in [-0.39, 0.29) is 5.78 Å². The molecule has 0 amide bonds. The molecule has 0 aromatic rings. The van der Waals surface area contributed by atoms with Gasteiger partial charge >= 0.3 is 0 Å². The number of rotatable bonds is 3. The third kappa shape index (κ3) is 3.04. The first kappa shape index (κ1) is 7.98. The van der Waals surface area contributed by atoms with Crippen LogP contribution in [0.25, 0.3) is 0 Å². The summed E-state index contributed by atoms with van der Waals surface area (Å²) in [5.74, 6) is 0.356. The summed E-state index contributed by atoms with van der Waals surface area (Å²) in [6.45, 7) is 1.39. The number of aliphatic hydroxyl groups is 1. The van der Waals surface area contributed by atoms with Crippen molar-refractivity contribution in [1.82, 2.24) is 0 Å². The molecule has 2 nitrogen and oxygen atoms in total. The molecular weight excluding hydrogens is 124 g/mol. The molecule has 0 aliphatic heterocycles. The highest BCUT2D eigenvalue weighted by atomic mass is 32.2. The van der Waals surface area contributed by atoms with Gasteiger partial charge in [0.2, 0.25) is 0 Å². The molecule has 0 heterocycles. The van der Waals surface area contributed by atoms with E-state index in [1.807, 2.05) is 6.26 Å². The molecule has 0 saturated carbocycles. The van der Waals surface area contributed by atoms with Crippen molar-refractivity contribution in [2.45, 2.75) is 13.0 Å². The van der Waals surface area contributed by atoms with Crippen molar-refractivity contribution in [2.75, 3.05) is 12.0 Å². The van der Waals surface area contributed by atoms with Crippen LogP contribution in [0.5, 0.6) is 0 Å². The third-order valence-electron chi connectivity index (χ3n) is 0.794. The first-order valence-corrected chi connectivity index (χ1v) is 3.75. The van der Waals surface area contributed by atoms with Crippen LogP contribution >= 0.6 is 11.8 Å². The van der Waals surface area contributed by atoms with Gasteiger partial charge in [-0.15, -0.1) is 0 Å². The Hall–Kier alpha value is -0.0200. The number of ketones is 1. The maximum absolute atomic E-state index is 10.3. The molecule has 0 fully saturated rings. The number of thioether (sulfide) groups is 1. The summed E-state index contributed by atoms with van der Waals surface area (Å²) in [7, 11) is 0. The van der Waals surface area contributed by atoms with Crippen LogP contribution in [0.2, 0.25) is 0 Å². The van der Waals surface area contributed by atoms with Crippen LogP contribution in [0.3, 0.4) is 0 Å². The Bertz CT molecular complexity index is 82.5. The zero-order valence-corrected chi connectivity index (χ0v) is 5.86. The van der Waals surface area contributed by atoms with E-state index in [2.05, 4.69) is 0 Å². The largest absolute Gasteiger partial charge is 0.384 e. The van der Waals surface area contributed by atoms with E-state index in [1.165, 1.54) is 18.7 Å². The summed E-state index contributed by atoms with van der Waals surface area (Å²) in [6.07, 6.45) is 1.09. The lowest BCUT2D eigenvalue weighted by molar-refractivity contribution is -0.123. The Kier molecular flexibility index (Phi) is 3.91. The topological polar surface area (TPSA) is 37.3 Å². The Morgan fingerprint density at radius 1 is 1.88 bits per heavy atom. The average Bonchev–Trinajstić information content (AvgIpc) is 1.67. The van der Waals surface area contributed by atoms with Crippen molar-refractivity contribution < 1.29 is 9.90 Å². The number of hydrogen-bond acceptors (Lipinski definition) is 3. The average molecular weight is 134 g/mol. The molecule has 0 aromatic carbocycles. The van der Waals surface area contributed by atoms with E-state index in [0.29, 0.717) is 5.75 Å². The minimum absolute atomic E-state index is 0.153. The Morgan fingerprint density at radius 3 is 2.50 bits per heavy atom. The second-order valence-corrected chi connectivity index (χ2v) is 2.49. The maximum Gasteiger partial charge on any atom is 0.159 e. The van der Waals surface area contributed by atoms with E-state index in [0.717, 1.165) is 0 Å². The van der Waals surface area contributed by atoms with Gasteiger partial charge in [-0.3, -0.25) is 4.79 Å². The van der Waals surface area contributed by atoms with Gasteiger partial charge in [0.15, 0.2) is 5.78 Å². The molecule has 0 unspecified atom stereocenters. The van der Waals surface area contributed by atoms with Gasteiger partial charge in [-0.25, -0.2) is 0 Å². The second kappa shape index (κ2) is 3.92. The molecule has 8 heavy (non-hydrogen) atoms. The van der Waals surface area contributed by atoms with E-state index in [9.17, 15) is 4.79 Å². The molecule has 3 heteroatoms. The van der Waals surface area contributed by atoms with Gasteiger partial charge in [0.05, 0.1) is 0 Å². The van der Waals surface area contributed by atoms with Crippen LogP contribution in [0.4, 0.5) is 0 Å². The predicted octanol–water partition coefficient (Wildman–Crippen LogP) is 0.299. The Balaban J connectivity index is 3.32. The molecule has 1 atom stereocenters.